The smallest absolute Gasteiger partial charge is 0.294 e. The zero-order valence-electron chi connectivity index (χ0n) is 16.0. The SMILES string of the molecule is Cc1cccc2c(=O)c3cc4[nH]c5c(C)cc(S(=O)(=O)O)cc5c(=O)c4cc3[nH]c12. The molecule has 5 aromatic rings. The Kier molecular flexibility index (Phi) is 3.71. The van der Waals surface area contributed by atoms with Crippen LogP contribution in [-0.4, -0.2) is 22.9 Å². The van der Waals surface area contributed by atoms with E-state index < -0.39 is 10.1 Å². The van der Waals surface area contributed by atoms with E-state index in [2.05, 4.69) is 9.97 Å². The minimum absolute atomic E-state index is 0.135. The monoisotopic (exact) mass is 420 g/mol. The fourth-order valence-corrected chi connectivity index (χ4v) is 4.61. The van der Waals surface area contributed by atoms with Gasteiger partial charge >= 0.3 is 0 Å². The van der Waals surface area contributed by atoms with Gasteiger partial charge in [-0.15, -0.1) is 0 Å². The number of aromatic nitrogens is 2. The number of pyridine rings is 2. The van der Waals surface area contributed by atoms with Crippen molar-refractivity contribution in [2.75, 3.05) is 0 Å². The summed E-state index contributed by atoms with van der Waals surface area (Å²) >= 11 is 0. The van der Waals surface area contributed by atoms with Crippen LogP contribution in [0.3, 0.4) is 0 Å². The van der Waals surface area contributed by atoms with Crippen LogP contribution in [0.2, 0.25) is 0 Å². The molecule has 0 spiro atoms. The summed E-state index contributed by atoms with van der Waals surface area (Å²) in [6.07, 6.45) is 0. The van der Waals surface area contributed by atoms with E-state index in [1.165, 1.54) is 6.07 Å². The van der Waals surface area contributed by atoms with Crippen molar-refractivity contribution in [2.45, 2.75) is 18.7 Å². The predicted octanol–water partition coefficient (Wildman–Crippen LogP) is 3.54. The molecule has 7 nitrogen and oxygen atoms in total. The first kappa shape index (κ1) is 18.5. The fraction of sp³-hybridized carbons (Fsp3) is 0.0909. The lowest BCUT2D eigenvalue weighted by atomic mass is 10.0. The molecule has 0 fully saturated rings. The van der Waals surface area contributed by atoms with Crippen LogP contribution >= 0.6 is 0 Å². The Morgan fingerprint density at radius 1 is 0.733 bits per heavy atom. The summed E-state index contributed by atoms with van der Waals surface area (Å²) in [4.78, 5) is 32.3. The van der Waals surface area contributed by atoms with Crippen molar-refractivity contribution >= 4 is 53.7 Å². The Labute approximate surface area is 169 Å². The summed E-state index contributed by atoms with van der Waals surface area (Å²) in [5.41, 5.74) is 3.02. The van der Waals surface area contributed by atoms with Gasteiger partial charge in [0.2, 0.25) is 0 Å². The van der Waals surface area contributed by atoms with Crippen LogP contribution in [0.1, 0.15) is 11.1 Å². The Morgan fingerprint density at radius 3 is 1.90 bits per heavy atom. The molecule has 0 saturated carbocycles. The van der Waals surface area contributed by atoms with Crippen molar-refractivity contribution in [3.63, 3.8) is 0 Å². The molecule has 0 saturated heterocycles. The van der Waals surface area contributed by atoms with Crippen LogP contribution in [0.25, 0.3) is 43.6 Å². The van der Waals surface area contributed by atoms with E-state index in [0.29, 0.717) is 43.8 Å². The zero-order chi connectivity index (χ0) is 21.4. The summed E-state index contributed by atoms with van der Waals surface area (Å²) in [5.74, 6) is 0. The highest BCUT2D eigenvalue weighted by Crippen LogP contribution is 2.25. The first-order valence-corrected chi connectivity index (χ1v) is 10.6. The first-order valence-electron chi connectivity index (χ1n) is 9.18. The summed E-state index contributed by atoms with van der Waals surface area (Å²) in [5, 5.41) is 1.47. The maximum atomic E-state index is 13.2. The molecule has 0 aliphatic carbocycles. The van der Waals surface area contributed by atoms with Gasteiger partial charge < -0.3 is 9.97 Å². The molecule has 0 aliphatic rings. The van der Waals surface area contributed by atoms with Crippen molar-refractivity contribution in [1.29, 1.82) is 0 Å². The number of hydrogen-bond acceptors (Lipinski definition) is 4. The summed E-state index contributed by atoms with van der Waals surface area (Å²) in [6.45, 7) is 3.54. The number of rotatable bonds is 1. The molecular weight excluding hydrogens is 404 g/mol. The van der Waals surface area contributed by atoms with Crippen molar-refractivity contribution in [2.24, 2.45) is 0 Å². The van der Waals surface area contributed by atoms with Crippen LogP contribution in [0.5, 0.6) is 0 Å². The third-order valence-corrected chi connectivity index (χ3v) is 6.37. The van der Waals surface area contributed by atoms with Crippen LogP contribution < -0.4 is 10.9 Å². The molecule has 0 unspecified atom stereocenters. The molecule has 3 aromatic carbocycles. The Bertz CT molecular complexity index is 1780. The van der Waals surface area contributed by atoms with Crippen molar-refractivity contribution in [3.05, 3.63) is 74.0 Å². The minimum Gasteiger partial charge on any atom is -0.354 e. The summed E-state index contributed by atoms with van der Waals surface area (Å²) in [7, 11) is -4.46. The van der Waals surface area contributed by atoms with Crippen LogP contribution in [-0.2, 0) is 10.1 Å². The second kappa shape index (κ2) is 6.01. The number of H-pyrrole nitrogens is 2. The highest BCUT2D eigenvalue weighted by atomic mass is 32.2. The van der Waals surface area contributed by atoms with E-state index in [9.17, 15) is 22.6 Å². The largest absolute Gasteiger partial charge is 0.354 e. The lowest BCUT2D eigenvalue weighted by Crippen LogP contribution is -2.10. The topological polar surface area (TPSA) is 120 Å². The Balaban J connectivity index is 1.98. The predicted molar refractivity (Wildman–Crippen MR) is 117 cm³/mol. The molecule has 0 radical (unpaired) electrons. The second-order valence-electron chi connectivity index (χ2n) is 7.49. The van der Waals surface area contributed by atoms with Gasteiger partial charge in [-0.3, -0.25) is 14.1 Å². The summed E-state index contributed by atoms with van der Waals surface area (Å²) < 4.78 is 32.5. The molecule has 0 bridgehead atoms. The van der Waals surface area contributed by atoms with Crippen molar-refractivity contribution < 1.29 is 13.0 Å². The molecule has 150 valence electrons. The third-order valence-electron chi connectivity index (χ3n) is 5.54. The van der Waals surface area contributed by atoms with E-state index in [1.807, 2.05) is 19.1 Å². The van der Waals surface area contributed by atoms with Crippen LogP contribution in [0.15, 0.2) is 56.9 Å². The highest BCUT2D eigenvalue weighted by Gasteiger charge is 2.16. The molecule has 30 heavy (non-hydrogen) atoms. The van der Waals surface area contributed by atoms with E-state index in [-0.39, 0.29) is 21.1 Å². The van der Waals surface area contributed by atoms with Crippen LogP contribution in [0, 0.1) is 13.8 Å². The van der Waals surface area contributed by atoms with Gasteiger partial charge in [0.25, 0.3) is 10.1 Å². The lowest BCUT2D eigenvalue weighted by molar-refractivity contribution is 0.483. The fourth-order valence-electron chi connectivity index (χ4n) is 4.01. The van der Waals surface area contributed by atoms with Crippen molar-refractivity contribution in [3.8, 4) is 0 Å². The van der Waals surface area contributed by atoms with Crippen molar-refractivity contribution in [1.82, 2.24) is 9.97 Å². The number of fused-ring (bicyclic) bond motifs is 4. The quantitative estimate of drug-likeness (QED) is 0.283. The standard InChI is InChI=1S/C22H16N2O5S/c1-10-4-3-5-13-19(10)23-17-9-15-18(8-14(17)21(13)25)24-20-11(2)6-12(30(27,28)29)7-16(20)22(15)26/h3-9H,1-2H3,(H,23,25)(H,24,26)(H,27,28,29). The Morgan fingerprint density at radius 2 is 1.30 bits per heavy atom. The molecule has 2 aromatic heterocycles. The number of nitrogens with one attached hydrogen (secondary N) is 2. The number of benzene rings is 3. The van der Waals surface area contributed by atoms with E-state index in [4.69, 9.17) is 0 Å². The molecule has 3 N–H and O–H groups in total. The maximum Gasteiger partial charge on any atom is 0.294 e. The first-order chi connectivity index (χ1) is 14.1. The molecular formula is C22H16N2O5S. The second-order valence-corrected chi connectivity index (χ2v) is 8.91. The van der Waals surface area contributed by atoms with Gasteiger partial charge in [-0.05, 0) is 55.3 Å². The minimum atomic E-state index is -4.46. The number of aryl methyl sites for hydroxylation is 2. The van der Waals surface area contributed by atoms with Gasteiger partial charge in [-0.1, -0.05) is 12.1 Å². The number of hydrogen-bond donors (Lipinski definition) is 3. The maximum absolute atomic E-state index is 13.2. The van der Waals surface area contributed by atoms with E-state index in [1.54, 1.807) is 25.1 Å². The molecule has 5 rings (SSSR count). The third kappa shape index (κ3) is 2.58. The van der Waals surface area contributed by atoms with Gasteiger partial charge in [0.15, 0.2) is 10.9 Å². The van der Waals surface area contributed by atoms with Gasteiger partial charge in [-0.2, -0.15) is 8.42 Å². The molecule has 0 atom stereocenters. The van der Waals surface area contributed by atoms with Crippen LogP contribution in [0.4, 0.5) is 0 Å². The van der Waals surface area contributed by atoms with Gasteiger partial charge in [0.1, 0.15) is 0 Å². The van der Waals surface area contributed by atoms with E-state index in [0.717, 1.165) is 11.6 Å². The van der Waals surface area contributed by atoms with Gasteiger partial charge in [0, 0.05) is 21.5 Å². The summed E-state index contributed by atoms with van der Waals surface area (Å²) in [6, 6.07) is 11.2. The van der Waals surface area contributed by atoms with Gasteiger partial charge in [-0.25, -0.2) is 0 Å². The average Bonchev–Trinajstić information content (AvgIpc) is 2.68. The van der Waals surface area contributed by atoms with Gasteiger partial charge in [0.05, 0.1) is 27.0 Å². The Hall–Kier alpha value is -3.49. The molecule has 0 aliphatic heterocycles. The number of aromatic amines is 2. The lowest BCUT2D eigenvalue weighted by Gasteiger charge is -2.10. The molecule has 8 heteroatoms. The van der Waals surface area contributed by atoms with E-state index >= 15 is 0 Å². The highest BCUT2D eigenvalue weighted by molar-refractivity contribution is 7.85. The zero-order valence-corrected chi connectivity index (χ0v) is 16.8. The molecule has 0 amide bonds. The number of para-hydroxylation sites is 1. The average molecular weight is 420 g/mol. The normalized spacial score (nSPS) is 12.4. The molecule has 2 heterocycles.